The second kappa shape index (κ2) is 5.51. The normalized spacial score (nSPS) is 11.1. The molecule has 3 aromatic rings. The number of fused-ring (bicyclic) bond motifs is 1. The number of amides is 1. The molecule has 0 saturated carbocycles. The Hall–Kier alpha value is -2.25. The monoisotopic (exact) mass is 316 g/mol. The molecule has 0 atom stereocenters. The largest absolute Gasteiger partial charge is 0.278 e. The summed E-state index contributed by atoms with van der Waals surface area (Å²) in [4.78, 5) is 23.3. The lowest BCUT2D eigenvalue weighted by Gasteiger charge is -2.15. The number of hydrogen-bond donors (Lipinski definition) is 0. The molecule has 0 fully saturated rings. The average molecular weight is 316 g/mol. The second-order valence-corrected chi connectivity index (χ2v) is 5.87. The number of hydroxylamine groups is 2. The molecule has 0 spiro atoms. The van der Waals surface area contributed by atoms with Gasteiger partial charge in [-0.3, -0.25) is 14.3 Å². The van der Waals surface area contributed by atoms with Gasteiger partial charge in [-0.15, -0.1) is 11.3 Å². The summed E-state index contributed by atoms with van der Waals surface area (Å²) < 4.78 is 1.70. The first kappa shape index (κ1) is 14.7. The third kappa shape index (κ3) is 2.28. The maximum absolute atomic E-state index is 12.6. The fourth-order valence-corrected chi connectivity index (χ4v) is 3.10. The van der Waals surface area contributed by atoms with Crippen LogP contribution in [0.3, 0.4) is 0 Å². The lowest BCUT2D eigenvalue weighted by molar-refractivity contribution is -0.0755. The summed E-state index contributed by atoms with van der Waals surface area (Å²) in [7, 11) is 4.88. The Labute approximate surface area is 131 Å². The Balaban J connectivity index is 2.30. The van der Waals surface area contributed by atoms with Crippen LogP contribution in [-0.4, -0.2) is 39.9 Å². The number of pyridine rings is 1. The first-order valence-corrected chi connectivity index (χ1v) is 7.61. The van der Waals surface area contributed by atoms with Crippen LogP contribution in [0, 0.1) is 6.92 Å². The van der Waals surface area contributed by atoms with Crippen LogP contribution in [-0.2, 0) is 11.9 Å². The van der Waals surface area contributed by atoms with Gasteiger partial charge in [-0.1, -0.05) is 6.07 Å². The smallest absolute Gasteiger partial charge is 0.274 e. The number of nitrogens with zero attached hydrogens (tertiary/aromatic N) is 4. The number of thiophene rings is 1. The lowest BCUT2D eigenvalue weighted by atomic mass is 10.1. The fourth-order valence-electron chi connectivity index (χ4n) is 2.42. The summed E-state index contributed by atoms with van der Waals surface area (Å²) in [5, 5.41) is 8.34. The summed E-state index contributed by atoms with van der Waals surface area (Å²) in [6.07, 6.45) is 0. The SMILES string of the molecule is CON(C)C(=O)c1cc(-c2cccs2)nc2c1c(C)nn2C. The fraction of sp³-hybridized carbons (Fsp3) is 0.267. The highest BCUT2D eigenvalue weighted by Crippen LogP contribution is 2.29. The van der Waals surface area contributed by atoms with Gasteiger partial charge >= 0.3 is 0 Å². The molecule has 0 aromatic carbocycles. The summed E-state index contributed by atoms with van der Waals surface area (Å²) in [6, 6.07) is 5.75. The molecule has 0 aliphatic carbocycles. The molecular weight excluding hydrogens is 300 g/mol. The average Bonchev–Trinajstić information content (AvgIpc) is 3.14. The predicted octanol–water partition coefficient (Wildman–Crippen LogP) is 2.64. The van der Waals surface area contributed by atoms with Crippen LogP contribution >= 0.6 is 11.3 Å². The molecule has 114 valence electrons. The van der Waals surface area contributed by atoms with Gasteiger partial charge < -0.3 is 0 Å². The first-order chi connectivity index (χ1) is 10.5. The van der Waals surface area contributed by atoms with Crippen molar-refractivity contribution < 1.29 is 9.63 Å². The molecule has 0 N–H and O–H groups in total. The zero-order valence-corrected chi connectivity index (χ0v) is 13.6. The van der Waals surface area contributed by atoms with E-state index in [0.717, 1.165) is 21.7 Å². The molecular formula is C15H16N4O2S. The minimum absolute atomic E-state index is 0.219. The topological polar surface area (TPSA) is 60.2 Å². The van der Waals surface area contributed by atoms with Gasteiger partial charge in [0.25, 0.3) is 5.91 Å². The molecule has 3 aromatic heterocycles. The van der Waals surface area contributed by atoms with Gasteiger partial charge in [-0.05, 0) is 24.4 Å². The maximum Gasteiger partial charge on any atom is 0.278 e. The zero-order valence-electron chi connectivity index (χ0n) is 12.8. The quantitative estimate of drug-likeness (QED) is 0.697. The van der Waals surface area contributed by atoms with Gasteiger partial charge in [0, 0.05) is 14.1 Å². The minimum Gasteiger partial charge on any atom is -0.274 e. The number of aryl methyl sites for hydroxylation is 2. The van der Waals surface area contributed by atoms with Crippen molar-refractivity contribution in [3.63, 3.8) is 0 Å². The lowest BCUT2D eigenvalue weighted by Crippen LogP contribution is -2.25. The van der Waals surface area contributed by atoms with E-state index in [1.165, 1.54) is 12.2 Å². The van der Waals surface area contributed by atoms with Crippen LogP contribution in [0.2, 0.25) is 0 Å². The summed E-state index contributed by atoms with van der Waals surface area (Å²) in [6.45, 7) is 1.87. The molecule has 0 radical (unpaired) electrons. The maximum atomic E-state index is 12.6. The summed E-state index contributed by atoms with van der Waals surface area (Å²) in [5.41, 5.74) is 2.77. The van der Waals surface area contributed by atoms with Crippen LogP contribution in [0.25, 0.3) is 21.6 Å². The number of carbonyl (C=O) groups is 1. The predicted molar refractivity (Wildman–Crippen MR) is 85.7 cm³/mol. The van der Waals surface area contributed by atoms with E-state index >= 15 is 0 Å². The molecule has 3 heterocycles. The number of carbonyl (C=O) groups excluding carboxylic acids is 1. The van der Waals surface area contributed by atoms with Gasteiger partial charge in [0.15, 0.2) is 5.65 Å². The van der Waals surface area contributed by atoms with E-state index in [9.17, 15) is 4.79 Å². The standard InChI is InChI=1S/C15H16N4O2S/c1-9-13-10(15(20)19(3)21-4)8-11(12-6-5-7-22-12)16-14(13)18(2)17-9/h5-8H,1-4H3. The minimum atomic E-state index is -0.219. The Morgan fingerprint density at radius 3 is 2.86 bits per heavy atom. The Kier molecular flexibility index (Phi) is 3.67. The van der Waals surface area contributed by atoms with Crippen molar-refractivity contribution in [2.24, 2.45) is 7.05 Å². The van der Waals surface area contributed by atoms with Crippen molar-refractivity contribution in [3.05, 3.63) is 34.8 Å². The third-order valence-electron chi connectivity index (χ3n) is 3.53. The number of hydrogen-bond acceptors (Lipinski definition) is 5. The van der Waals surface area contributed by atoms with E-state index in [1.807, 2.05) is 31.5 Å². The van der Waals surface area contributed by atoms with Crippen molar-refractivity contribution in [2.45, 2.75) is 6.92 Å². The van der Waals surface area contributed by atoms with Gasteiger partial charge in [-0.25, -0.2) is 10.0 Å². The van der Waals surface area contributed by atoms with Gasteiger partial charge in [-0.2, -0.15) is 5.10 Å². The molecule has 0 unspecified atom stereocenters. The molecule has 0 saturated heterocycles. The summed E-state index contributed by atoms with van der Waals surface area (Å²) in [5.74, 6) is -0.219. The van der Waals surface area contributed by atoms with Crippen molar-refractivity contribution in [3.8, 4) is 10.6 Å². The number of rotatable bonds is 3. The molecule has 0 bridgehead atoms. The van der Waals surface area contributed by atoms with E-state index in [1.54, 1.807) is 29.1 Å². The third-order valence-corrected chi connectivity index (χ3v) is 4.42. The molecule has 0 aliphatic rings. The highest BCUT2D eigenvalue weighted by molar-refractivity contribution is 7.13. The van der Waals surface area contributed by atoms with E-state index in [-0.39, 0.29) is 5.91 Å². The number of aromatic nitrogens is 3. The highest BCUT2D eigenvalue weighted by atomic mass is 32.1. The second-order valence-electron chi connectivity index (χ2n) is 4.93. The molecule has 3 rings (SSSR count). The molecule has 6 nitrogen and oxygen atoms in total. The zero-order chi connectivity index (χ0) is 15.9. The van der Waals surface area contributed by atoms with Gasteiger partial charge in [0.05, 0.1) is 34.3 Å². The molecule has 0 aliphatic heterocycles. The van der Waals surface area contributed by atoms with Crippen molar-refractivity contribution >= 4 is 28.3 Å². The van der Waals surface area contributed by atoms with Crippen molar-refractivity contribution in [2.75, 3.05) is 14.2 Å². The van der Waals surface area contributed by atoms with Crippen molar-refractivity contribution in [1.29, 1.82) is 0 Å². The van der Waals surface area contributed by atoms with E-state index < -0.39 is 0 Å². The summed E-state index contributed by atoms with van der Waals surface area (Å²) >= 11 is 1.58. The molecule has 1 amide bonds. The Bertz CT molecular complexity index is 839. The Morgan fingerprint density at radius 1 is 1.45 bits per heavy atom. The van der Waals surface area contributed by atoms with Crippen LogP contribution in [0.4, 0.5) is 0 Å². The van der Waals surface area contributed by atoms with Crippen LogP contribution in [0.1, 0.15) is 16.1 Å². The molecule has 22 heavy (non-hydrogen) atoms. The van der Waals surface area contributed by atoms with E-state index in [0.29, 0.717) is 11.2 Å². The molecule has 7 heteroatoms. The van der Waals surface area contributed by atoms with Crippen LogP contribution in [0.15, 0.2) is 23.6 Å². The highest BCUT2D eigenvalue weighted by Gasteiger charge is 2.21. The van der Waals surface area contributed by atoms with Crippen LogP contribution in [0.5, 0.6) is 0 Å². The van der Waals surface area contributed by atoms with Crippen molar-refractivity contribution in [1.82, 2.24) is 19.8 Å². The van der Waals surface area contributed by atoms with E-state index in [2.05, 4.69) is 10.1 Å². The van der Waals surface area contributed by atoms with Gasteiger partial charge in [0.1, 0.15) is 0 Å². The first-order valence-electron chi connectivity index (χ1n) is 6.73. The van der Waals surface area contributed by atoms with E-state index in [4.69, 9.17) is 4.84 Å². The van der Waals surface area contributed by atoms with Gasteiger partial charge in [0.2, 0.25) is 0 Å². The Morgan fingerprint density at radius 2 is 2.23 bits per heavy atom. The van der Waals surface area contributed by atoms with Crippen LogP contribution < -0.4 is 0 Å².